The summed E-state index contributed by atoms with van der Waals surface area (Å²) in [6, 6.07) is 6.13. The maximum absolute atomic E-state index is 13.0. The smallest absolute Gasteiger partial charge is 0.355 e. The quantitative estimate of drug-likeness (QED) is 0.666. The number of hydrogen-bond acceptors (Lipinski definition) is 5. The molecule has 0 saturated heterocycles. The predicted molar refractivity (Wildman–Crippen MR) is 115 cm³/mol. The lowest BCUT2D eigenvalue weighted by molar-refractivity contribution is 0.0512. The van der Waals surface area contributed by atoms with E-state index in [0.29, 0.717) is 38.5 Å². The van der Waals surface area contributed by atoms with E-state index in [2.05, 4.69) is 17.6 Å². The van der Waals surface area contributed by atoms with E-state index >= 15 is 0 Å². The summed E-state index contributed by atoms with van der Waals surface area (Å²) < 4.78 is 15.3. The van der Waals surface area contributed by atoms with Gasteiger partial charge in [-0.3, -0.25) is 4.68 Å². The van der Waals surface area contributed by atoms with Crippen molar-refractivity contribution in [2.75, 3.05) is 19.8 Å². The average Bonchev–Trinajstić information content (AvgIpc) is 3.18. The highest BCUT2D eigenvalue weighted by molar-refractivity contribution is 6.04. The van der Waals surface area contributed by atoms with Gasteiger partial charge < -0.3 is 19.1 Å². The predicted octanol–water partition coefficient (Wildman–Crippen LogP) is 3.37. The molecule has 0 aliphatic carbocycles. The number of esters is 1. The minimum atomic E-state index is -0.336. The van der Waals surface area contributed by atoms with E-state index in [-0.39, 0.29) is 12.6 Å². The number of nitrogens with zero attached hydrogens (tertiary/aromatic N) is 3. The summed E-state index contributed by atoms with van der Waals surface area (Å²) in [7, 11) is 1.94. The number of aliphatic hydroxyl groups excluding tert-OH is 1. The molecular formula is C23H29N3O4. The Morgan fingerprint density at radius 1 is 1.33 bits per heavy atom. The summed E-state index contributed by atoms with van der Waals surface area (Å²) in [6.07, 6.45) is 2.18. The van der Waals surface area contributed by atoms with Crippen molar-refractivity contribution in [2.24, 2.45) is 7.05 Å². The van der Waals surface area contributed by atoms with Gasteiger partial charge in [0.2, 0.25) is 0 Å². The van der Waals surface area contributed by atoms with Crippen molar-refractivity contribution in [1.82, 2.24) is 14.3 Å². The zero-order valence-electron chi connectivity index (χ0n) is 17.9. The van der Waals surface area contributed by atoms with Crippen LogP contribution in [0.25, 0.3) is 22.0 Å². The number of aliphatic hydroxyl groups is 1. The summed E-state index contributed by atoms with van der Waals surface area (Å²) in [6.45, 7) is 5.94. The first-order chi connectivity index (χ1) is 14.6. The molecule has 7 nitrogen and oxygen atoms in total. The number of fused-ring (bicyclic) bond motifs is 2. The van der Waals surface area contributed by atoms with Crippen molar-refractivity contribution in [3.8, 4) is 11.1 Å². The maximum atomic E-state index is 13.0. The Labute approximate surface area is 176 Å². The molecule has 0 bridgehead atoms. The van der Waals surface area contributed by atoms with Gasteiger partial charge in [-0.15, -0.1) is 0 Å². The zero-order chi connectivity index (χ0) is 21.3. The number of carbonyl (C=O) groups excluding carboxylic acids is 1. The molecule has 7 heteroatoms. The van der Waals surface area contributed by atoms with Crippen molar-refractivity contribution < 1.29 is 19.4 Å². The topological polar surface area (TPSA) is 78.5 Å². The Morgan fingerprint density at radius 3 is 2.93 bits per heavy atom. The third kappa shape index (κ3) is 3.42. The number of rotatable bonds is 4. The fraction of sp³-hybridized carbons (Fsp3) is 0.478. The van der Waals surface area contributed by atoms with Crippen LogP contribution in [0.3, 0.4) is 0 Å². The molecule has 160 valence electrons. The van der Waals surface area contributed by atoms with Crippen LogP contribution in [0, 0.1) is 6.92 Å². The molecule has 3 aromatic rings. The van der Waals surface area contributed by atoms with Crippen LogP contribution in [-0.4, -0.2) is 45.2 Å². The molecule has 0 radical (unpaired) electrons. The van der Waals surface area contributed by atoms with Crippen LogP contribution in [0.15, 0.2) is 18.2 Å². The van der Waals surface area contributed by atoms with E-state index < -0.39 is 0 Å². The molecule has 1 N–H and O–H groups in total. The van der Waals surface area contributed by atoms with Crippen LogP contribution in [0.4, 0.5) is 0 Å². The number of para-hydroxylation sites is 1. The minimum absolute atomic E-state index is 0.0270. The number of hydrogen-bond donors (Lipinski definition) is 1. The molecule has 0 fully saturated rings. The molecule has 0 amide bonds. The Hall–Kier alpha value is -2.64. The fourth-order valence-corrected chi connectivity index (χ4v) is 4.47. The summed E-state index contributed by atoms with van der Waals surface area (Å²) in [5, 5.41) is 15.4. The molecule has 3 heterocycles. The highest BCUT2D eigenvalue weighted by Crippen LogP contribution is 2.38. The van der Waals surface area contributed by atoms with Gasteiger partial charge in [0.05, 0.1) is 24.4 Å². The first kappa shape index (κ1) is 20.6. The van der Waals surface area contributed by atoms with Gasteiger partial charge in [-0.2, -0.15) is 5.10 Å². The summed E-state index contributed by atoms with van der Waals surface area (Å²) in [5.41, 5.74) is 6.44. The number of aromatic nitrogens is 3. The van der Waals surface area contributed by atoms with Crippen molar-refractivity contribution in [2.45, 2.75) is 46.3 Å². The van der Waals surface area contributed by atoms with Gasteiger partial charge in [-0.05, 0) is 38.7 Å². The van der Waals surface area contributed by atoms with Gasteiger partial charge in [0, 0.05) is 49.0 Å². The Balaban J connectivity index is 2.09. The number of benzene rings is 1. The van der Waals surface area contributed by atoms with Gasteiger partial charge in [0.1, 0.15) is 5.69 Å². The van der Waals surface area contributed by atoms with E-state index in [1.54, 1.807) is 0 Å². The SMILES string of the molecule is CCOC(=O)c1c(CCO)c2cccc3c2n1CCCCOCc1nn(C)c(C)c1-3. The van der Waals surface area contributed by atoms with Crippen LogP contribution in [0.1, 0.15) is 47.2 Å². The van der Waals surface area contributed by atoms with Crippen LogP contribution >= 0.6 is 0 Å². The lowest BCUT2D eigenvalue weighted by atomic mass is 9.99. The van der Waals surface area contributed by atoms with E-state index in [1.807, 2.05) is 30.8 Å². The van der Waals surface area contributed by atoms with E-state index in [1.165, 1.54) is 0 Å². The Morgan fingerprint density at radius 2 is 2.17 bits per heavy atom. The average molecular weight is 412 g/mol. The molecule has 0 atom stereocenters. The van der Waals surface area contributed by atoms with Gasteiger partial charge in [0.25, 0.3) is 0 Å². The minimum Gasteiger partial charge on any atom is -0.461 e. The maximum Gasteiger partial charge on any atom is 0.355 e. The van der Waals surface area contributed by atoms with Gasteiger partial charge >= 0.3 is 5.97 Å². The first-order valence-corrected chi connectivity index (χ1v) is 10.6. The second kappa shape index (κ2) is 8.62. The molecule has 0 unspecified atom stereocenters. The Bertz CT molecular complexity index is 1080. The van der Waals surface area contributed by atoms with E-state index in [9.17, 15) is 9.90 Å². The molecule has 1 aliphatic heterocycles. The summed E-state index contributed by atoms with van der Waals surface area (Å²) >= 11 is 0. The highest BCUT2D eigenvalue weighted by Gasteiger charge is 2.27. The molecule has 2 aromatic heterocycles. The van der Waals surface area contributed by atoms with Gasteiger partial charge in [0.15, 0.2) is 0 Å². The molecule has 0 saturated carbocycles. The lowest BCUT2D eigenvalue weighted by Gasteiger charge is -2.13. The first-order valence-electron chi connectivity index (χ1n) is 10.6. The van der Waals surface area contributed by atoms with E-state index in [4.69, 9.17) is 14.6 Å². The molecule has 1 aliphatic rings. The van der Waals surface area contributed by atoms with E-state index in [0.717, 1.165) is 51.8 Å². The third-order valence-electron chi connectivity index (χ3n) is 5.85. The van der Waals surface area contributed by atoms with Crippen LogP contribution in [0.2, 0.25) is 0 Å². The molecule has 4 rings (SSSR count). The molecule has 30 heavy (non-hydrogen) atoms. The lowest BCUT2D eigenvalue weighted by Crippen LogP contribution is -2.15. The zero-order valence-corrected chi connectivity index (χ0v) is 17.9. The number of aryl methyl sites for hydroxylation is 2. The largest absolute Gasteiger partial charge is 0.461 e. The van der Waals surface area contributed by atoms with Gasteiger partial charge in [-0.1, -0.05) is 18.2 Å². The second-order valence-electron chi connectivity index (χ2n) is 7.67. The van der Waals surface area contributed by atoms with Crippen molar-refractivity contribution in [1.29, 1.82) is 0 Å². The number of ether oxygens (including phenoxy) is 2. The van der Waals surface area contributed by atoms with Crippen molar-refractivity contribution in [3.05, 3.63) is 40.8 Å². The van der Waals surface area contributed by atoms with Crippen molar-refractivity contribution in [3.63, 3.8) is 0 Å². The van der Waals surface area contributed by atoms with Crippen LogP contribution in [0.5, 0.6) is 0 Å². The summed E-state index contributed by atoms with van der Waals surface area (Å²) in [4.78, 5) is 13.0. The van der Waals surface area contributed by atoms with Gasteiger partial charge in [-0.25, -0.2) is 4.79 Å². The molecular weight excluding hydrogens is 382 g/mol. The highest BCUT2D eigenvalue weighted by atomic mass is 16.5. The van der Waals surface area contributed by atoms with Crippen LogP contribution < -0.4 is 0 Å². The third-order valence-corrected chi connectivity index (χ3v) is 5.85. The normalized spacial score (nSPS) is 14.4. The Kier molecular flexibility index (Phi) is 5.92. The monoisotopic (exact) mass is 411 g/mol. The van der Waals surface area contributed by atoms with Crippen molar-refractivity contribution >= 4 is 16.9 Å². The van der Waals surface area contributed by atoms with Crippen LogP contribution in [-0.2, 0) is 36.1 Å². The second-order valence-corrected chi connectivity index (χ2v) is 7.67. The number of carbonyl (C=O) groups is 1. The molecule has 0 spiro atoms. The molecule has 1 aromatic carbocycles. The fourth-order valence-electron chi connectivity index (χ4n) is 4.47. The summed E-state index contributed by atoms with van der Waals surface area (Å²) in [5.74, 6) is -0.336. The standard InChI is InChI=1S/C23H29N3O4/c1-4-30-23(28)22-17(10-12-27)16-8-7-9-18-20-15(2)25(3)24-19(20)14-29-13-6-5-11-26(22)21(16)18/h7-9,27H,4-6,10-14H2,1-3H3.